The molecule has 29 heavy (non-hydrogen) atoms. The Morgan fingerprint density at radius 3 is 2.48 bits per heavy atom. The topological polar surface area (TPSA) is 70.8 Å². The highest BCUT2D eigenvalue weighted by molar-refractivity contribution is 5.89. The minimum absolute atomic E-state index is 0.576. The lowest BCUT2D eigenvalue weighted by molar-refractivity contribution is 0.252. The molecule has 0 bridgehead atoms. The Kier molecular flexibility index (Phi) is 7.76. The van der Waals surface area contributed by atoms with Gasteiger partial charge in [0.25, 0.3) is 0 Å². The summed E-state index contributed by atoms with van der Waals surface area (Å²) in [5.41, 5.74) is 8.39. The molecule has 3 N–H and O–H groups in total. The molecule has 2 amide bonds. The predicted molar refractivity (Wildman–Crippen MR) is 119 cm³/mol. The lowest BCUT2D eigenvalue weighted by Gasteiger charge is -2.36. The van der Waals surface area contributed by atoms with Crippen molar-refractivity contribution in [2.75, 3.05) is 50.1 Å². The Hall–Kier alpha value is -2.73. The van der Waals surface area contributed by atoms with Crippen molar-refractivity contribution < 1.29 is 9.53 Å². The molecule has 1 fully saturated rings. The van der Waals surface area contributed by atoms with Crippen molar-refractivity contribution in [3.63, 3.8) is 0 Å². The number of carbonyl (C=O) groups excluding carboxylic acids is 1. The number of methoxy groups -OCH3 is 1. The molecule has 1 aliphatic rings. The molecule has 0 atom stereocenters. The van der Waals surface area contributed by atoms with E-state index in [9.17, 15) is 4.79 Å². The van der Waals surface area contributed by atoms with Gasteiger partial charge in [0.2, 0.25) is 0 Å². The van der Waals surface area contributed by atoms with E-state index < -0.39 is 6.03 Å². The summed E-state index contributed by atoms with van der Waals surface area (Å²) in [6.07, 6.45) is 4.53. The van der Waals surface area contributed by atoms with Crippen molar-refractivity contribution in [1.82, 2.24) is 4.90 Å². The number of nitrogens with two attached hydrogens (primary N) is 1. The highest BCUT2D eigenvalue weighted by atomic mass is 16.5. The molecule has 2 aromatic rings. The van der Waals surface area contributed by atoms with E-state index in [1.165, 1.54) is 30.6 Å². The summed E-state index contributed by atoms with van der Waals surface area (Å²) in [5, 5.41) is 2.63. The average molecular weight is 397 g/mol. The van der Waals surface area contributed by atoms with Gasteiger partial charge in [-0.25, -0.2) is 4.79 Å². The Balaban J connectivity index is 1.35. The maximum Gasteiger partial charge on any atom is 0.316 e. The zero-order valence-corrected chi connectivity index (χ0v) is 17.3. The molecule has 6 heteroatoms. The highest BCUT2D eigenvalue weighted by Crippen LogP contribution is 2.26. The third kappa shape index (κ3) is 6.39. The number of hydrogen-bond acceptors (Lipinski definition) is 4. The Labute approximate surface area is 173 Å². The van der Waals surface area contributed by atoms with Crippen LogP contribution in [0.15, 0.2) is 48.5 Å². The second kappa shape index (κ2) is 10.7. The summed E-state index contributed by atoms with van der Waals surface area (Å²) >= 11 is 0. The molecular formula is C23H32N4O2. The number of unbranched alkanes of at least 4 members (excludes halogenated alkanes) is 2. The molecule has 1 heterocycles. The molecule has 0 unspecified atom stereocenters. The van der Waals surface area contributed by atoms with Gasteiger partial charge in [0.1, 0.15) is 5.75 Å². The van der Waals surface area contributed by atoms with Crippen LogP contribution in [0, 0.1) is 0 Å². The highest BCUT2D eigenvalue weighted by Gasteiger charge is 2.16. The second-order valence-corrected chi connectivity index (χ2v) is 7.50. The van der Waals surface area contributed by atoms with E-state index >= 15 is 0 Å². The molecular weight excluding hydrogens is 364 g/mol. The lowest BCUT2D eigenvalue weighted by Crippen LogP contribution is -2.46. The lowest BCUT2D eigenvalue weighted by atomic mass is 10.1. The number of anilines is 2. The summed E-state index contributed by atoms with van der Waals surface area (Å²) in [4.78, 5) is 16.2. The molecule has 1 saturated heterocycles. The monoisotopic (exact) mass is 396 g/mol. The van der Waals surface area contributed by atoms with Gasteiger partial charge in [-0.05, 0) is 55.6 Å². The molecule has 0 spiro atoms. The van der Waals surface area contributed by atoms with Crippen LogP contribution in [0.3, 0.4) is 0 Å². The van der Waals surface area contributed by atoms with Crippen LogP contribution in [0.5, 0.6) is 5.75 Å². The number of rotatable bonds is 9. The number of carbonyl (C=O) groups is 1. The number of benzene rings is 2. The SMILES string of the molecule is COc1ccc(CCCCCN2CCN(c3ccccc3)CC2)cc1NC(N)=O. The number of para-hydroxylation sites is 1. The normalized spacial score (nSPS) is 14.6. The first-order valence-electron chi connectivity index (χ1n) is 10.4. The Morgan fingerprint density at radius 1 is 1.03 bits per heavy atom. The van der Waals surface area contributed by atoms with Gasteiger partial charge in [0.05, 0.1) is 12.8 Å². The molecule has 2 aromatic carbocycles. The smallest absolute Gasteiger partial charge is 0.316 e. The predicted octanol–water partition coefficient (Wildman–Crippen LogP) is 3.72. The van der Waals surface area contributed by atoms with Crippen LogP contribution in [0.25, 0.3) is 0 Å². The van der Waals surface area contributed by atoms with Crippen LogP contribution in [0.4, 0.5) is 16.2 Å². The quantitative estimate of drug-likeness (QED) is 0.634. The summed E-state index contributed by atoms with van der Waals surface area (Å²) in [6.45, 7) is 5.64. The van der Waals surface area contributed by atoms with Crippen molar-refractivity contribution in [1.29, 1.82) is 0 Å². The maximum absolute atomic E-state index is 11.1. The van der Waals surface area contributed by atoms with Crippen LogP contribution in [0.1, 0.15) is 24.8 Å². The van der Waals surface area contributed by atoms with E-state index in [1.807, 2.05) is 18.2 Å². The largest absolute Gasteiger partial charge is 0.495 e. The number of urea groups is 1. The number of piperazine rings is 1. The van der Waals surface area contributed by atoms with Gasteiger partial charge in [-0.15, -0.1) is 0 Å². The molecule has 6 nitrogen and oxygen atoms in total. The van der Waals surface area contributed by atoms with Gasteiger partial charge in [0.15, 0.2) is 0 Å². The van der Waals surface area contributed by atoms with E-state index in [0.29, 0.717) is 11.4 Å². The van der Waals surface area contributed by atoms with Gasteiger partial charge in [-0.3, -0.25) is 4.90 Å². The van der Waals surface area contributed by atoms with Crippen molar-refractivity contribution in [3.8, 4) is 5.75 Å². The van der Waals surface area contributed by atoms with Crippen molar-refractivity contribution in [2.24, 2.45) is 5.73 Å². The Bertz CT molecular complexity index is 774. The van der Waals surface area contributed by atoms with Crippen LogP contribution in [-0.4, -0.2) is 50.8 Å². The van der Waals surface area contributed by atoms with Gasteiger partial charge in [0, 0.05) is 31.9 Å². The first-order chi connectivity index (χ1) is 14.2. The number of nitrogens with one attached hydrogen (secondary N) is 1. The molecule has 156 valence electrons. The third-order valence-electron chi connectivity index (χ3n) is 5.46. The van der Waals surface area contributed by atoms with E-state index in [0.717, 1.165) is 39.0 Å². The number of hydrogen-bond donors (Lipinski definition) is 2. The minimum Gasteiger partial charge on any atom is -0.495 e. The molecule has 0 aromatic heterocycles. The summed E-state index contributed by atoms with van der Waals surface area (Å²) < 4.78 is 5.27. The molecule has 0 saturated carbocycles. The number of ether oxygens (including phenoxy) is 1. The van der Waals surface area contributed by atoms with Gasteiger partial charge < -0.3 is 20.7 Å². The number of nitrogens with zero attached hydrogens (tertiary/aromatic N) is 2. The number of amides is 2. The summed E-state index contributed by atoms with van der Waals surface area (Å²) in [5.74, 6) is 0.627. The summed E-state index contributed by atoms with van der Waals surface area (Å²) in [7, 11) is 1.58. The van der Waals surface area contributed by atoms with E-state index in [2.05, 4.69) is 45.4 Å². The number of primary amides is 1. The zero-order chi connectivity index (χ0) is 20.5. The van der Waals surface area contributed by atoms with Crippen molar-refractivity contribution >= 4 is 17.4 Å². The van der Waals surface area contributed by atoms with E-state index in [1.54, 1.807) is 7.11 Å². The van der Waals surface area contributed by atoms with Gasteiger partial charge in [-0.2, -0.15) is 0 Å². The van der Waals surface area contributed by atoms with Crippen molar-refractivity contribution in [2.45, 2.75) is 25.7 Å². The fourth-order valence-electron chi connectivity index (χ4n) is 3.85. The summed E-state index contributed by atoms with van der Waals surface area (Å²) in [6, 6.07) is 16.0. The first-order valence-corrected chi connectivity index (χ1v) is 10.4. The van der Waals surface area contributed by atoms with E-state index in [-0.39, 0.29) is 0 Å². The Morgan fingerprint density at radius 2 is 1.79 bits per heavy atom. The van der Waals surface area contributed by atoms with Gasteiger partial charge in [-0.1, -0.05) is 30.7 Å². The van der Waals surface area contributed by atoms with Crippen LogP contribution in [0.2, 0.25) is 0 Å². The fraction of sp³-hybridized carbons (Fsp3) is 0.435. The molecule has 0 radical (unpaired) electrons. The average Bonchev–Trinajstić information content (AvgIpc) is 2.74. The minimum atomic E-state index is -0.576. The fourth-order valence-corrected chi connectivity index (χ4v) is 3.85. The number of aryl methyl sites for hydroxylation is 1. The van der Waals surface area contributed by atoms with Gasteiger partial charge >= 0.3 is 6.03 Å². The molecule has 0 aliphatic carbocycles. The standard InChI is InChI=1S/C23H32N4O2/c1-29-22-12-11-19(18-21(22)25-23(24)28)8-4-3-7-13-26-14-16-27(17-15-26)20-9-5-2-6-10-20/h2,5-6,9-12,18H,3-4,7-8,13-17H2,1H3,(H3,24,25,28). The third-order valence-corrected chi connectivity index (χ3v) is 5.46. The van der Waals surface area contributed by atoms with Crippen LogP contribution in [-0.2, 0) is 6.42 Å². The second-order valence-electron chi connectivity index (χ2n) is 7.50. The first kappa shape index (κ1) is 21.0. The maximum atomic E-state index is 11.1. The molecule has 1 aliphatic heterocycles. The zero-order valence-electron chi connectivity index (χ0n) is 17.3. The van der Waals surface area contributed by atoms with Crippen LogP contribution >= 0.6 is 0 Å². The molecule has 3 rings (SSSR count). The van der Waals surface area contributed by atoms with E-state index in [4.69, 9.17) is 10.5 Å². The van der Waals surface area contributed by atoms with Crippen molar-refractivity contribution in [3.05, 3.63) is 54.1 Å². The van der Waals surface area contributed by atoms with Crippen LogP contribution < -0.4 is 20.7 Å².